The van der Waals surface area contributed by atoms with Gasteiger partial charge in [-0.05, 0) is 61.2 Å². The Kier molecular flexibility index (Phi) is 5.02. The van der Waals surface area contributed by atoms with Crippen molar-refractivity contribution < 1.29 is 9.47 Å². The Morgan fingerprint density at radius 2 is 1.75 bits per heavy atom. The maximum absolute atomic E-state index is 8.98. The molecule has 3 rings (SSSR count). The number of hydrogen-bond donors (Lipinski definition) is 1. The van der Waals surface area contributed by atoms with Crippen LogP contribution in [-0.2, 0) is 6.42 Å². The molecule has 1 heterocycles. The van der Waals surface area contributed by atoms with Gasteiger partial charge in [0.05, 0.1) is 30.9 Å². The zero-order valence-corrected chi connectivity index (χ0v) is 14.1. The predicted octanol–water partition coefficient (Wildman–Crippen LogP) is 3.59. The van der Waals surface area contributed by atoms with Gasteiger partial charge < -0.3 is 14.8 Å². The normalized spacial score (nSPS) is 16.1. The molecule has 0 bridgehead atoms. The van der Waals surface area contributed by atoms with E-state index in [4.69, 9.17) is 14.7 Å². The summed E-state index contributed by atoms with van der Waals surface area (Å²) in [5, 5.41) is 12.5. The van der Waals surface area contributed by atoms with Crippen molar-refractivity contribution in [2.45, 2.75) is 26.3 Å². The van der Waals surface area contributed by atoms with Gasteiger partial charge in [-0.15, -0.1) is 0 Å². The molecule has 0 aromatic heterocycles. The lowest BCUT2D eigenvalue weighted by Gasteiger charge is -2.29. The molecular formula is C20H22N2O2. The van der Waals surface area contributed by atoms with E-state index < -0.39 is 0 Å². The Bertz CT molecular complexity index is 747. The van der Waals surface area contributed by atoms with Gasteiger partial charge in [-0.3, -0.25) is 0 Å². The van der Waals surface area contributed by atoms with Gasteiger partial charge in [-0.25, -0.2) is 0 Å². The first-order valence-corrected chi connectivity index (χ1v) is 8.42. The quantitative estimate of drug-likeness (QED) is 0.914. The van der Waals surface area contributed by atoms with Crippen LogP contribution in [0.25, 0.3) is 0 Å². The first kappa shape index (κ1) is 16.4. The lowest BCUT2D eigenvalue weighted by atomic mass is 9.89. The lowest BCUT2D eigenvalue weighted by Crippen LogP contribution is -2.30. The molecule has 2 aromatic rings. The van der Waals surface area contributed by atoms with Crippen molar-refractivity contribution in [2.24, 2.45) is 0 Å². The zero-order chi connectivity index (χ0) is 16.9. The molecule has 1 aliphatic heterocycles. The summed E-state index contributed by atoms with van der Waals surface area (Å²) in [6.07, 6.45) is 0.967. The second kappa shape index (κ2) is 7.37. The molecular weight excluding hydrogens is 300 g/mol. The van der Waals surface area contributed by atoms with E-state index in [0.29, 0.717) is 18.8 Å². The minimum atomic E-state index is 0.108. The number of fused-ring (bicyclic) bond motifs is 1. The lowest BCUT2D eigenvalue weighted by molar-refractivity contribution is 0.286. The molecule has 1 atom stereocenters. The summed E-state index contributed by atoms with van der Waals surface area (Å²) in [6.45, 7) is 6.10. The van der Waals surface area contributed by atoms with Gasteiger partial charge in [0.15, 0.2) is 11.5 Å². The summed E-state index contributed by atoms with van der Waals surface area (Å²) in [7, 11) is 0. The van der Waals surface area contributed by atoms with E-state index in [-0.39, 0.29) is 6.04 Å². The molecule has 0 fully saturated rings. The number of rotatable bonds is 5. The SMILES string of the molecule is CCOc1cc2c(cc1OCC)[C@H](c1ccc(C#N)cc1)NCC2. The van der Waals surface area contributed by atoms with E-state index in [0.717, 1.165) is 30.0 Å². The largest absolute Gasteiger partial charge is 0.490 e. The summed E-state index contributed by atoms with van der Waals surface area (Å²) in [5.41, 5.74) is 4.34. The number of nitriles is 1. The van der Waals surface area contributed by atoms with Crippen LogP contribution in [0.1, 0.15) is 42.1 Å². The molecule has 0 amide bonds. The highest BCUT2D eigenvalue weighted by Gasteiger charge is 2.24. The molecule has 0 unspecified atom stereocenters. The fourth-order valence-corrected chi connectivity index (χ4v) is 3.15. The van der Waals surface area contributed by atoms with E-state index in [1.54, 1.807) is 0 Å². The molecule has 0 radical (unpaired) electrons. The number of nitrogens with zero attached hydrogens (tertiary/aromatic N) is 1. The third kappa shape index (κ3) is 3.22. The van der Waals surface area contributed by atoms with Crippen LogP contribution in [0, 0.1) is 11.3 Å². The number of ether oxygens (including phenoxy) is 2. The Morgan fingerprint density at radius 1 is 1.08 bits per heavy atom. The summed E-state index contributed by atoms with van der Waals surface area (Å²) in [6, 6.07) is 14.2. The molecule has 0 aliphatic carbocycles. The van der Waals surface area contributed by atoms with Crippen molar-refractivity contribution >= 4 is 0 Å². The Morgan fingerprint density at radius 3 is 2.38 bits per heavy atom. The average Bonchev–Trinajstić information content (AvgIpc) is 2.62. The standard InChI is InChI=1S/C20H22N2O2/c1-3-23-18-11-16-9-10-22-20(17(16)12-19(18)24-4-2)15-7-5-14(13-21)6-8-15/h5-8,11-12,20,22H,3-4,9-10H2,1-2H3/t20-/m0/s1. The molecule has 1 N–H and O–H groups in total. The molecule has 0 saturated carbocycles. The topological polar surface area (TPSA) is 54.3 Å². The highest BCUT2D eigenvalue weighted by Crippen LogP contribution is 2.37. The maximum atomic E-state index is 8.98. The predicted molar refractivity (Wildman–Crippen MR) is 93.5 cm³/mol. The molecule has 24 heavy (non-hydrogen) atoms. The minimum absolute atomic E-state index is 0.108. The van der Waals surface area contributed by atoms with Crippen molar-refractivity contribution in [3.05, 3.63) is 58.7 Å². The smallest absolute Gasteiger partial charge is 0.161 e. The van der Waals surface area contributed by atoms with Crippen LogP contribution >= 0.6 is 0 Å². The fraction of sp³-hybridized carbons (Fsp3) is 0.350. The van der Waals surface area contributed by atoms with Gasteiger partial charge in [-0.1, -0.05) is 12.1 Å². The Balaban J connectivity index is 2.01. The van der Waals surface area contributed by atoms with Gasteiger partial charge in [0.1, 0.15) is 0 Å². The van der Waals surface area contributed by atoms with Crippen LogP contribution in [0.3, 0.4) is 0 Å². The van der Waals surface area contributed by atoms with Crippen LogP contribution in [0.15, 0.2) is 36.4 Å². The van der Waals surface area contributed by atoms with Crippen molar-refractivity contribution in [3.8, 4) is 17.6 Å². The fourth-order valence-electron chi connectivity index (χ4n) is 3.15. The Labute approximate surface area is 143 Å². The van der Waals surface area contributed by atoms with Crippen molar-refractivity contribution in [1.82, 2.24) is 5.32 Å². The molecule has 124 valence electrons. The highest BCUT2D eigenvalue weighted by atomic mass is 16.5. The van der Waals surface area contributed by atoms with E-state index in [2.05, 4.69) is 23.5 Å². The zero-order valence-electron chi connectivity index (χ0n) is 14.1. The third-order valence-corrected chi connectivity index (χ3v) is 4.23. The maximum Gasteiger partial charge on any atom is 0.161 e. The minimum Gasteiger partial charge on any atom is -0.490 e. The first-order valence-electron chi connectivity index (χ1n) is 8.42. The van der Waals surface area contributed by atoms with Gasteiger partial charge >= 0.3 is 0 Å². The van der Waals surface area contributed by atoms with Crippen molar-refractivity contribution in [1.29, 1.82) is 5.26 Å². The van der Waals surface area contributed by atoms with Gasteiger partial charge in [0.2, 0.25) is 0 Å². The van der Waals surface area contributed by atoms with Crippen LogP contribution in [0.5, 0.6) is 11.5 Å². The van der Waals surface area contributed by atoms with Crippen molar-refractivity contribution in [2.75, 3.05) is 19.8 Å². The van der Waals surface area contributed by atoms with E-state index in [1.165, 1.54) is 11.1 Å². The molecule has 4 heteroatoms. The summed E-state index contributed by atoms with van der Waals surface area (Å²) in [5.74, 6) is 1.61. The molecule has 1 aliphatic rings. The second-order valence-electron chi connectivity index (χ2n) is 5.73. The van der Waals surface area contributed by atoms with E-state index in [9.17, 15) is 0 Å². The molecule has 0 spiro atoms. The van der Waals surface area contributed by atoms with Gasteiger partial charge in [0, 0.05) is 6.54 Å². The van der Waals surface area contributed by atoms with E-state index in [1.807, 2.05) is 38.1 Å². The van der Waals surface area contributed by atoms with Crippen LogP contribution < -0.4 is 14.8 Å². The summed E-state index contributed by atoms with van der Waals surface area (Å²) >= 11 is 0. The number of hydrogen-bond acceptors (Lipinski definition) is 4. The Hall–Kier alpha value is -2.51. The summed E-state index contributed by atoms with van der Waals surface area (Å²) in [4.78, 5) is 0. The van der Waals surface area contributed by atoms with E-state index >= 15 is 0 Å². The molecule has 2 aromatic carbocycles. The van der Waals surface area contributed by atoms with Crippen LogP contribution in [0.4, 0.5) is 0 Å². The summed E-state index contributed by atoms with van der Waals surface area (Å²) < 4.78 is 11.5. The monoisotopic (exact) mass is 322 g/mol. The van der Waals surface area contributed by atoms with Gasteiger partial charge in [-0.2, -0.15) is 5.26 Å². The number of benzene rings is 2. The number of nitrogens with one attached hydrogen (secondary N) is 1. The molecule has 0 saturated heterocycles. The highest BCUT2D eigenvalue weighted by molar-refractivity contribution is 5.52. The molecule has 4 nitrogen and oxygen atoms in total. The van der Waals surface area contributed by atoms with Crippen LogP contribution in [0.2, 0.25) is 0 Å². The first-order chi connectivity index (χ1) is 11.8. The second-order valence-corrected chi connectivity index (χ2v) is 5.73. The van der Waals surface area contributed by atoms with Gasteiger partial charge in [0.25, 0.3) is 0 Å². The van der Waals surface area contributed by atoms with Crippen molar-refractivity contribution in [3.63, 3.8) is 0 Å². The van der Waals surface area contributed by atoms with Crippen LogP contribution in [-0.4, -0.2) is 19.8 Å². The third-order valence-electron chi connectivity index (χ3n) is 4.23. The average molecular weight is 322 g/mol.